The predicted octanol–water partition coefficient (Wildman–Crippen LogP) is 7.68. The Kier molecular flexibility index (Phi) is 9.87. The second kappa shape index (κ2) is 14.3. The summed E-state index contributed by atoms with van der Waals surface area (Å²) in [6.45, 7) is 8.11. The summed E-state index contributed by atoms with van der Waals surface area (Å²) in [7, 11) is -3.95. The molecular formula is C37H39FN6O5S. The SMILES string of the molecule is Cc1c(F)c(NS(=O)(=O)Cc2ccccc2)c2ccccc2c1Oc1ncccc1-c1ccnc(NC2CCCN(C(=O)OC(C)(C)C)C2)n1. The third kappa shape index (κ3) is 8.11. The molecule has 1 amide bonds. The summed E-state index contributed by atoms with van der Waals surface area (Å²) in [6, 6.07) is 20.7. The first-order valence-corrected chi connectivity index (χ1v) is 18.0. The number of rotatable bonds is 9. The summed E-state index contributed by atoms with van der Waals surface area (Å²) in [6.07, 6.45) is 4.45. The number of benzene rings is 3. The van der Waals surface area contributed by atoms with Gasteiger partial charge in [-0.25, -0.2) is 32.6 Å². The fraction of sp³-hybridized carbons (Fsp3) is 0.297. The summed E-state index contributed by atoms with van der Waals surface area (Å²) >= 11 is 0. The lowest BCUT2D eigenvalue weighted by Gasteiger charge is -2.34. The molecule has 11 nitrogen and oxygen atoms in total. The Labute approximate surface area is 290 Å². The minimum absolute atomic E-state index is 0.0863. The number of ether oxygens (including phenoxy) is 2. The molecule has 3 aromatic carbocycles. The van der Waals surface area contributed by atoms with Crippen LogP contribution >= 0.6 is 0 Å². The number of carbonyl (C=O) groups is 1. The molecule has 1 aliphatic rings. The van der Waals surface area contributed by atoms with Crippen molar-refractivity contribution < 1.29 is 27.1 Å². The van der Waals surface area contributed by atoms with E-state index in [0.717, 1.165) is 12.8 Å². The Morgan fingerprint density at radius 1 is 0.980 bits per heavy atom. The highest BCUT2D eigenvalue weighted by molar-refractivity contribution is 7.91. The van der Waals surface area contributed by atoms with Gasteiger partial charge < -0.3 is 19.7 Å². The van der Waals surface area contributed by atoms with Gasteiger partial charge in [-0.1, -0.05) is 54.6 Å². The molecule has 1 unspecified atom stereocenters. The number of nitrogens with zero attached hydrogens (tertiary/aromatic N) is 4. The van der Waals surface area contributed by atoms with Gasteiger partial charge in [-0.05, 0) is 64.3 Å². The van der Waals surface area contributed by atoms with Crippen LogP contribution in [0.3, 0.4) is 0 Å². The lowest BCUT2D eigenvalue weighted by molar-refractivity contribution is 0.0206. The van der Waals surface area contributed by atoms with Gasteiger partial charge in [0.25, 0.3) is 0 Å². The molecule has 50 heavy (non-hydrogen) atoms. The zero-order chi connectivity index (χ0) is 35.5. The van der Waals surface area contributed by atoms with Crippen LogP contribution in [0.15, 0.2) is 85.2 Å². The van der Waals surface area contributed by atoms with E-state index in [1.165, 1.54) is 6.92 Å². The van der Waals surface area contributed by atoms with Crippen LogP contribution in [0.5, 0.6) is 11.6 Å². The number of aromatic nitrogens is 3. The molecule has 2 N–H and O–H groups in total. The van der Waals surface area contributed by atoms with Gasteiger partial charge in [0.2, 0.25) is 21.9 Å². The van der Waals surface area contributed by atoms with Crippen molar-refractivity contribution in [1.29, 1.82) is 0 Å². The van der Waals surface area contributed by atoms with Gasteiger partial charge in [0.05, 0.1) is 22.7 Å². The van der Waals surface area contributed by atoms with Gasteiger partial charge in [0.1, 0.15) is 11.4 Å². The number of sulfonamides is 1. The van der Waals surface area contributed by atoms with E-state index >= 15 is 4.39 Å². The predicted molar refractivity (Wildman–Crippen MR) is 191 cm³/mol. The molecule has 1 fully saturated rings. The Hall–Kier alpha value is -5.30. The maximum Gasteiger partial charge on any atom is 0.410 e. The first kappa shape index (κ1) is 34.6. The monoisotopic (exact) mass is 698 g/mol. The molecule has 3 heterocycles. The van der Waals surface area contributed by atoms with Crippen LogP contribution in [0.25, 0.3) is 22.0 Å². The first-order valence-electron chi connectivity index (χ1n) is 16.3. The molecule has 1 atom stereocenters. The highest BCUT2D eigenvalue weighted by Crippen LogP contribution is 2.42. The Balaban J connectivity index is 1.26. The quantitative estimate of drug-likeness (QED) is 0.159. The molecule has 1 saturated heterocycles. The van der Waals surface area contributed by atoms with Crippen LogP contribution in [-0.4, -0.2) is 59.1 Å². The number of halogens is 1. The van der Waals surface area contributed by atoms with Gasteiger partial charge in [0, 0.05) is 47.9 Å². The van der Waals surface area contributed by atoms with Crippen LogP contribution < -0.4 is 14.8 Å². The second-order valence-corrected chi connectivity index (χ2v) is 14.9. The van der Waals surface area contributed by atoms with Crippen LogP contribution in [0.4, 0.5) is 20.8 Å². The average Bonchev–Trinajstić information content (AvgIpc) is 3.08. The Bertz CT molecular complexity index is 2130. The number of anilines is 2. The summed E-state index contributed by atoms with van der Waals surface area (Å²) in [4.78, 5) is 28.0. The van der Waals surface area contributed by atoms with Crippen molar-refractivity contribution in [2.45, 2.75) is 57.9 Å². The number of nitrogens with one attached hydrogen (secondary N) is 2. The summed E-state index contributed by atoms with van der Waals surface area (Å²) < 4.78 is 56.8. The van der Waals surface area contributed by atoms with E-state index in [1.807, 2.05) is 20.8 Å². The first-order chi connectivity index (χ1) is 23.9. The minimum atomic E-state index is -3.95. The minimum Gasteiger partial charge on any atom is -0.444 e. The van der Waals surface area contributed by atoms with Gasteiger partial charge >= 0.3 is 6.09 Å². The summed E-state index contributed by atoms with van der Waals surface area (Å²) in [5, 5.41) is 4.18. The van der Waals surface area contributed by atoms with E-state index < -0.39 is 21.4 Å². The molecule has 6 rings (SSSR count). The van der Waals surface area contributed by atoms with Gasteiger partial charge in [-0.15, -0.1) is 0 Å². The smallest absolute Gasteiger partial charge is 0.410 e. The Morgan fingerprint density at radius 2 is 1.72 bits per heavy atom. The van der Waals surface area contributed by atoms with Crippen molar-refractivity contribution in [2.24, 2.45) is 0 Å². The maximum atomic E-state index is 16.1. The van der Waals surface area contributed by atoms with E-state index in [-0.39, 0.29) is 40.8 Å². The van der Waals surface area contributed by atoms with Crippen molar-refractivity contribution in [1.82, 2.24) is 19.9 Å². The number of hydrogen-bond acceptors (Lipinski definition) is 9. The molecule has 0 aliphatic carbocycles. The van der Waals surface area contributed by atoms with Crippen molar-refractivity contribution in [3.05, 3.63) is 102 Å². The number of fused-ring (bicyclic) bond motifs is 1. The number of piperidine rings is 1. The van der Waals surface area contributed by atoms with Crippen molar-refractivity contribution in [3.8, 4) is 22.9 Å². The van der Waals surface area contributed by atoms with Gasteiger partial charge in [-0.2, -0.15) is 0 Å². The zero-order valence-corrected chi connectivity index (χ0v) is 29.1. The molecule has 0 bridgehead atoms. The zero-order valence-electron chi connectivity index (χ0n) is 28.3. The summed E-state index contributed by atoms with van der Waals surface area (Å²) in [5.41, 5.74) is 0.994. The fourth-order valence-electron chi connectivity index (χ4n) is 5.83. The van der Waals surface area contributed by atoms with Crippen molar-refractivity contribution >= 4 is 38.5 Å². The van der Waals surface area contributed by atoms with Crippen molar-refractivity contribution in [2.75, 3.05) is 23.1 Å². The van der Waals surface area contributed by atoms with E-state index in [1.54, 1.807) is 90.1 Å². The number of pyridine rings is 1. The van der Waals surface area contributed by atoms with Crippen molar-refractivity contribution in [3.63, 3.8) is 0 Å². The lowest BCUT2D eigenvalue weighted by atomic mass is 10.0. The number of carbonyl (C=O) groups excluding carboxylic acids is 1. The molecule has 0 radical (unpaired) electrons. The number of likely N-dealkylation sites (tertiary alicyclic amines) is 1. The topological polar surface area (TPSA) is 136 Å². The number of amides is 1. The van der Waals surface area contributed by atoms with E-state index in [0.29, 0.717) is 46.6 Å². The van der Waals surface area contributed by atoms with Crippen LogP contribution in [0, 0.1) is 12.7 Å². The van der Waals surface area contributed by atoms with Gasteiger partial charge in [0.15, 0.2) is 5.82 Å². The molecular weight excluding hydrogens is 660 g/mol. The molecule has 260 valence electrons. The van der Waals surface area contributed by atoms with E-state index in [4.69, 9.17) is 14.5 Å². The third-order valence-corrected chi connectivity index (χ3v) is 9.32. The van der Waals surface area contributed by atoms with E-state index in [9.17, 15) is 13.2 Å². The molecule has 13 heteroatoms. The second-order valence-electron chi connectivity index (χ2n) is 13.2. The van der Waals surface area contributed by atoms with E-state index in [2.05, 4.69) is 20.0 Å². The largest absolute Gasteiger partial charge is 0.444 e. The molecule has 0 saturated carbocycles. The lowest BCUT2D eigenvalue weighted by Crippen LogP contribution is -2.47. The Morgan fingerprint density at radius 3 is 2.48 bits per heavy atom. The summed E-state index contributed by atoms with van der Waals surface area (Å²) in [5.74, 6) is -0.325. The third-order valence-electron chi connectivity index (χ3n) is 8.10. The maximum absolute atomic E-state index is 16.1. The standard InChI is InChI=1S/C37H39FN6O5S/c1-24-31(38)32(43-50(46,47)23-25-12-6-5-7-13-25)27-15-8-9-16-28(27)33(24)48-34-29(17-10-19-39-34)30-18-20-40-35(42-30)41-26-14-11-21-44(22-26)36(45)49-37(2,3)4/h5-10,12-13,15-20,26,43H,11,14,21-23H2,1-4H3,(H,40,41,42). The molecule has 0 spiro atoms. The fourth-order valence-corrected chi connectivity index (χ4v) is 7.05. The van der Waals surface area contributed by atoms with Crippen LogP contribution in [0.2, 0.25) is 0 Å². The molecule has 2 aromatic heterocycles. The van der Waals surface area contributed by atoms with Crippen LogP contribution in [0.1, 0.15) is 44.7 Å². The van der Waals surface area contributed by atoms with Crippen LogP contribution in [-0.2, 0) is 20.5 Å². The number of hydrogen-bond donors (Lipinski definition) is 2. The molecule has 5 aromatic rings. The average molecular weight is 699 g/mol. The molecule has 1 aliphatic heterocycles. The highest BCUT2D eigenvalue weighted by Gasteiger charge is 2.28. The van der Waals surface area contributed by atoms with Gasteiger partial charge in [-0.3, -0.25) is 4.72 Å². The normalized spacial score (nSPS) is 15.1. The highest BCUT2D eigenvalue weighted by atomic mass is 32.2.